The van der Waals surface area contributed by atoms with E-state index in [1.54, 1.807) is 25.6 Å². The van der Waals surface area contributed by atoms with Crippen LogP contribution < -0.4 is 9.47 Å². The van der Waals surface area contributed by atoms with Gasteiger partial charge >= 0.3 is 0 Å². The molecule has 0 aliphatic heterocycles. The highest BCUT2D eigenvalue weighted by molar-refractivity contribution is 7.13. The summed E-state index contributed by atoms with van der Waals surface area (Å²) in [5.74, 6) is 1.73. The lowest BCUT2D eigenvalue weighted by Crippen LogP contribution is -2.22. The molecule has 0 saturated carbocycles. The van der Waals surface area contributed by atoms with Gasteiger partial charge in [0.1, 0.15) is 16.5 Å². The van der Waals surface area contributed by atoms with Crippen molar-refractivity contribution in [1.82, 2.24) is 9.88 Å². The van der Waals surface area contributed by atoms with Crippen LogP contribution in [0.2, 0.25) is 0 Å². The maximum atomic E-state index is 5.30. The molecule has 4 nitrogen and oxygen atoms in total. The van der Waals surface area contributed by atoms with Gasteiger partial charge in [0, 0.05) is 23.5 Å². The molecule has 0 aliphatic carbocycles. The van der Waals surface area contributed by atoms with E-state index in [4.69, 9.17) is 14.5 Å². The highest BCUT2D eigenvalue weighted by Gasteiger charge is 2.14. The highest BCUT2D eigenvalue weighted by atomic mass is 32.1. The molecular formula is C21H24N2O2S. The Morgan fingerprint density at radius 3 is 2.46 bits per heavy atom. The van der Waals surface area contributed by atoms with Gasteiger partial charge in [-0.1, -0.05) is 24.3 Å². The van der Waals surface area contributed by atoms with Crippen LogP contribution in [0.4, 0.5) is 0 Å². The Labute approximate surface area is 159 Å². The molecule has 3 rings (SSSR count). The smallest absolute Gasteiger partial charge is 0.123 e. The van der Waals surface area contributed by atoms with Crippen molar-refractivity contribution in [2.75, 3.05) is 21.3 Å². The molecule has 0 radical (unpaired) electrons. The Balaban J connectivity index is 1.69. The van der Waals surface area contributed by atoms with Crippen LogP contribution in [0.25, 0.3) is 10.6 Å². The van der Waals surface area contributed by atoms with Crippen LogP contribution in [0.1, 0.15) is 24.2 Å². The Hall–Kier alpha value is -2.37. The number of ether oxygens (including phenoxy) is 2. The van der Waals surface area contributed by atoms with Crippen LogP contribution in [0.3, 0.4) is 0 Å². The van der Waals surface area contributed by atoms with Crippen molar-refractivity contribution >= 4 is 11.3 Å². The fourth-order valence-corrected chi connectivity index (χ4v) is 3.61. The molecule has 5 heteroatoms. The predicted octanol–water partition coefficient (Wildman–Crippen LogP) is 5.02. The molecule has 0 fully saturated rings. The first kappa shape index (κ1) is 18.4. The number of thiazole rings is 1. The summed E-state index contributed by atoms with van der Waals surface area (Å²) >= 11 is 1.67. The van der Waals surface area contributed by atoms with Crippen LogP contribution in [0.5, 0.6) is 11.5 Å². The largest absolute Gasteiger partial charge is 0.497 e. The predicted molar refractivity (Wildman–Crippen MR) is 107 cm³/mol. The summed E-state index contributed by atoms with van der Waals surface area (Å²) in [6.07, 6.45) is 0. The topological polar surface area (TPSA) is 34.6 Å². The zero-order chi connectivity index (χ0) is 18.5. The minimum absolute atomic E-state index is 0.294. The maximum Gasteiger partial charge on any atom is 0.123 e. The van der Waals surface area contributed by atoms with Crippen molar-refractivity contribution in [1.29, 1.82) is 0 Å². The Morgan fingerprint density at radius 2 is 1.77 bits per heavy atom. The third-order valence-electron chi connectivity index (χ3n) is 4.54. The lowest BCUT2D eigenvalue weighted by atomic mass is 10.1. The van der Waals surface area contributed by atoms with E-state index in [0.29, 0.717) is 6.04 Å². The number of hydrogen-bond donors (Lipinski definition) is 0. The van der Waals surface area contributed by atoms with Gasteiger partial charge in [0.05, 0.1) is 19.9 Å². The monoisotopic (exact) mass is 368 g/mol. The molecule has 3 aromatic rings. The van der Waals surface area contributed by atoms with E-state index < -0.39 is 0 Å². The van der Waals surface area contributed by atoms with Crippen molar-refractivity contribution in [3.05, 3.63) is 65.2 Å². The zero-order valence-corrected chi connectivity index (χ0v) is 16.4. The molecule has 0 saturated heterocycles. The molecule has 1 heterocycles. The van der Waals surface area contributed by atoms with Gasteiger partial charge in [-0.3, -0.25) is 4.90 Å². The second kappa shape index (κ2) is 8.34. The molecule has 1 aromatic heterocycles. The molecule has 0 spiro atoms. The minimum atomic E-state index is 0.294. The molecule has 136 valence electrons. The molecule has 26 heavy (non-hydrogen) atoms. The van der Waals surface area contributed by atoms with Gasteiger partial charge < -0.3 is 9.47 Å². The van der Waals surface area contributed by atoms with Crippen LogP contribution in [0.15, 0.2) is 53.9 Å². The van der Waals surface area contributed by atoms with Crippen LogP contribution in [-0.2, 0) is 6.54 Å². The van der Waals surface area contributed by atoms with E-state index in [-0.39, 0.29) is 0 Å². The number of methoxy groups -OCH3 is 2. The molecule has 0 aliphatic rings. The molecule has 1 unspecified atom stereocenters. The SMILES string of the molecule is COc1ccc(C(C)N(C)Cc2csc(-c3cccc(OC)c3)n2)cc1. The Morgan fingerprint density at radius 1 is 1.04 bits per heavy atom. The van der Waals surface area contributed by atoms with E-state index in [1.165, 1.54) is 5.56 Å². The second-order valence-electron chi connectivity index (χ2n) is 6.24. The van der Waals surface area contributed by atoms with Gasteiger partial charge in [-0.05, 0) is 43.8 Å². The van der Waals surface area contributed by atoms with Gasteiger partial charge in [-0.15, -0.1) is 11.3 Å². The summed E-state index contributed by atoms with van der Waals surface area (Å²) in [4.78, 5) is 7.10. The average molecular weight is 369 g/mol. The summed E-state index contributed by atoms with van der Waals surface area (Å²) in [6.45, 7) is 3.00. The molecular weight excluding hydrogens is 344 g/mol. The van der Waals surface area contributed by atoms with Crippen molar-refractivity contribution < 1.29 is 9.47 Å². The minimum Gasteiger partial charge on any atom is -0.497 e. The molecule has 1 atom stereocenters. The Bertz CT molecular complexity index is 845. The van der Waals surface area contributed by atoms with E-state index in [2.05, 4.69) is 42.5 Å². The average Bonchev–Trinajstić information content (AvgIpc) is 3.16. The Kier molecular flexibility index (Phi) is 5.91. The number of rotatable bonds is 7. The maximum absolute atomic E-state index is 5.30. The van der Waals surface area contributed by atoms with Crippen molar-refractivity contribution in [3.63, 3.8) is 0 Å². The van der Waals surface area contributed by atoms with Crippen molar-refractivity contribution in [3.8, 4) is 22.1 Å². The first-order valence-corrected chi connectivity index (χ1v) is 9.41. The molecule has 0 amide bonds. The summed E-state index contributed by atoms with van der Waals surface area (Å²) in [5.41, 5.74) is 3.43. The lowest BCUT2D eigenvalue weighted by molar-refractivity contribution is 0.250. The lowest BCUT2D eigenvalue weighted by Gasteiger charge is -2.24. The molecule has 2 aromatic carbocycles. The first-order chi connectivity index (χ1) is 12.6. The third-order valence-corrected chi connectivity index (χ3v) is 5.48. The summed E-state index contributed by atoms with van der Waals surface area (Å²) in [5, 5.41) is 3.15. The first-order valence-electron chi connectivity index (χ1n) is 8.53. The van der Waals surface area contributed by atoms with Crippen molar-refractivity contribution in [2.24, 2.45) is 0 Å². The fourth-order valence-electron chi connectivity index (χ4n) is 2.80. The van der Waals surface area contributed by atoms with E-state index in [9.17, 15) is 0 Å². The summed E-state index contributed by atoms with van der Waals surface area (Å²) < 4.78 is 10.5. The number of benzene rings is 2. The number of nitrogens with zero attached hydrogens (tertiary/aromatic N) is 2. The fraction of sp³-hybridized carbons (Fsp3) is 0.286. The zero-order valence-electron chi connectivity index (χ0n) is 15.6. The standard InChI is InChI=1S/C21H24N2O2S/c1-15(16-8-10-19(24-3)11-9-16)23(2)13-18-14-26-21(22-18)17-6-5-7-20(12-17)25-4/h5-12,14-15H,13H2,1-4H3. The third kappa shape index (κ3) is 4.23. The molecule has 0 bridgehead atoms. The van der Waals surface area contributed by atoms with E-state index in [1.807, 2.05) is 30.3 Å². The van der Waals surface area contributed by atoms with Crippen molar-refractivity contribution in [2.45, 2.75) is 19.5 Å². The summed E-state index contributed by atoms with van der Waals surface area (Å²) in [7, 11) is 5.49. The van der Waals surface area contributed by atoms with Crippen LogP contribution in [-0.4, -0.2) is 31.2 Å². The van der Waals surface area contributed by atoms with E-state index in [0.717, 1.165) is 34.3 Å². The van der Waals surface area contributed by atoms with Gasteiger partial charge in [0.15, 0.2) is 0 Å². The number of aromatic nitrogens is 1. The van der Waals surface area contributed by atoms with E-state index >= 15 is 0 Å². The van der Waals surface area contributed by atoms with Gasteiger partial charge in [0.2, 0.25) is 0 Å². The summed E-state index contributed by atoms with van der Waals surface area (Å²) in [6, 6.07) is 16.6. The quantitative estimate of drug-likeness (QED) is 0.586. The number of hydrogen-bond acceptors (Lipinski definition) is 5. The molecule has 0 N–H and O–H groups in total. The van der Waals surface area contributed by atoms with Crippen LogP contribution in [0, 0.1) is 0 Å². The van der Waals surface area contributed by atoms with Gasteiger partial charge in [-0.2, -0.15) is 0 Å². The highest BCUT2D eigenvalue weighted by Crippen LogP contribution is 2.28. The van der Waals surface area contributed by atoms with Crippen LogP contribution >= 0.6 is 11.3 Å². The normalized spacial score (nSPS) is 12.2. The second-order valence-corrected chi connectivity index (χ2v) is 7.10. The van der Waals surface area contributed by atoms with Gasteiger partial charge in [-0.25, -0.2) is 4.98 Å². The van der Waals surface area contributed by atoms with Gasteiger partial charge in [0.25, 0.3) is 0 Å².